The lowest BCUT2D eigenvalue weighted by Crippen LogP contribution is -2.13. The van der Waals surface area contributed by atoms with Crippen LogP contribution in [0.1, 0.15) is 26.2 Å². The van der Waals surface area contributed by atoms with Gasteiger partial charge in [0, 0.05) is 22.7 Å². The minimum absolute atomic E-state index is 0.0295. The van der Waals surface area contributed by atoms with Crippen molar-refractivity contribution in [2.45, 2.75) is 31.1 Å². The molecule has 31 heavy (non-hydrogen) atoms. The first-order valence-corrected chi connectivity index (χ1v) is 11.3. The number of ether oxygens (including phenoxy) is 1. The molecule has 3 aromatic carbocycles. The zero-order valence-corrected chi connectivity index (χ0v) is 18.3. The highest BCUT2D eigenvalue weighted by atomic mass is 32.2. The van der Waals surface area contributed by atoms with Crippen LogP contribution in [-0.4, -0.2) is 17.6 Å². The number of hydrogen-bond acceptors (Lipinski definition) is 4. The second-order valence-electron chi connectivity index (χ2n) is 6.95. The normalized spacial score (nSPS) is 10.4. The molecule has 3 aromatic rings. The van der Waals surface area contributed by atoms with E-state index < -0.39 is 0 Å². The fraction of sp³-hybridized carbons (Fsp3) is 0.200. The van der Waals surface area contributed by atoms with Crippen molar-refractivity contribution >= 4 is 35.0 Å². The number of unbranched alkanes of at least 4 members (excludes halogenated alkanes) is 1. The van der Waals surface area contributed by atoms with Gasteiger partial charge in [-0.05, 0) is 67.1 Å². The van der Waals surface area contributed by atoms with Crippen LogP contribution in [0.2, 0.25) is 0 Å². The van der Waals surface area contributed by atoms with E-state index in [0.717, 1.165) is 34.9 Å². The van der Waals surface area contributed by atoms with Crippen LogP contribution in [0.15, 0.2) is 83.8 Å². The fourth-order valence-electron chi connectivity index (χ4n) is 2.77. The van der Waals surface area contributed by atoms with Crippen molar-refractivity contribution in [1.29, 1.82) is 0 Å². The average molecular weight is 435 g/mol. The van der Waals surface area contributed by atoms with Gasteiger partial charge in [-0.2, -0.15) is 0 Å². The Morgan fingerprint density at radius 3 is 2.00 bits per heavy atom. The molecule has 0 bridgehead atoms. The number of rotatable bonds is 10. The third-order valence-electron chi connectivity index (χ3n) is 4.38. The number of carbonyl (C=O) groups excluding carboxylic acids is 2. The molecule has 5 nitrogen and oxygen atoms in total. The van der Waals surface area contributed by atoms with Crippen LogP contribution in [-0.2, 0) is 9.59 Å². The summed E-state index contributed by atoms with van der Waals surface area (Å²) in [5.74, 6) is 1.72. The fourth-order valence-corrected chi connectivity index (χ4v) is 3.47. The van der Waals surface area contributed by atoms with E-state index in [-0.39, 0.29) is 11.8 Å². The summed E-state index contributed by atoms with van der Waals surface area (Å²) in [6.07, 6.45) is 2.42. The molecule has 0 heterocycles. The second-order valence-corrected chi connectivity index (χ2v) is 8.00. The van der Waals surface area contributed by atoms with Gasteiger partial charge >= 0.3 is 0 Å². The molecule has 0 unspecified atom stereocenters. The van der Waals surface area contributed by atoms with E-state index in [0.29, 0.717) is 17.9 Å². The summed E-state index contributed by atoms with van der Waals surface area (Å²) in [5.41, 5.74) is 1.49. The number of thioether (sulfide) groups is 1. The van der Waals surface area contributed by atoms with Gasteiger partial charge in [0.2, 0.25) is 11.8 Å². The molecule has 0 aliphatic heterocycles. The van der Waals surface area contributed by atoms with E-state index in [1.165, 1.54) is 11.8 Å². The molecule has 0 fully saturated rings. The van der Waals surface area contributed by atoms with Gasteiger partial charge < -0.3 is 15.4 Å². The first kappa shape index (κ1) is 22.4. The molecule has 0 aliphatic carbocycles. The molecular formula is C25H26N2O3S. The maximum atomic E-state index is 12.3. The SMILES string of the molecule is CCCCC(=O)Nc1ccc(SCC(=O)Nc2ccc(Oc3ccccc3)cc2)cc1. The summed E-state index contributed by atoms with van der Waals surface area (Å²) in [6, 6.07) is 24.3. The van der Waals surface area contributed by atoms with E-state index >= 15 is 0 Å². The standard InChI is InChI=1S/C25H26N2O3S/c1-2-3-9-24(28)26-20-12-16-23(17-13-20)31-18-25(29)27-19-10-14-22(15-11-19)30-21-7-5-4-6-8-21/h4-8,10-17H,2-3,9,18H2,1H3,(H,26,28)(H,27,29). The molecule has 0 aromatic heterocycles. The van der Waals surface area contributed by atoms with E-state index in [9.17, 15) is 9.59 Å². The third kappa shape index (κ3) is 7.83. The highest BCUT2D eigenvalue weighted by Gasteiger charge is 2.06. The summed E-state index contributed by atoms with van der Waals surface area (Å²) in [6.45, 7) is 2.06. The van der Waals surface area contributed by atoms with E-state index in [1.54, 1.807) is 0 Å². The third-order valence-corrected chi connectivity index (χ3v) is 5.39. The highest BCUT2D eigenvalue weighted by Crippen LogP contribution is 2.24. The number of hydrogen-bond donors (Lipinski definition) is 2. The van der Waals surface area contributed by atoms with Gasteiger partial charge in [-0.1, -0.05) is 31.5 Å². The van der Waals surface area contributed by atoms with Gasteiger partial charge in [0.25, 0.3) is 0 Å². The molecule has 0 aliphatic rings. The van der Waals surface area contributed by atoms with Gasteiger partial charge in [0.05, 0.1) is 5.75 Å². The summed E-state index contributed by atoms with van der Waals surface area (Å²) < 4.78 is 5.75. The van der Waals surface area contributed by atoms with Crippen molar-refractivity contribution in [3.63, 3.8) is 0 Å². The lowest BCUT2D eigenvalue weighted by Gasteiger charge is -2.09. The van der Waals surface area contributed by atoms with E-state index in [4.69, 9.17) is 4.74 Å². The first-order valence-electron chi connectivity index (χ1n) is 10.3. The Morgan fingerprint density at radius 2 is 1.35 bits per heavy atom. The molecule has 160 valence electrons. The lowest BCUT2D eigenvalue weighted by atomic mass is 10.2. The minimum Gasteiger partial charge on any atom is -0.457 e. The highest BCUT2D eigenvalue weighted by molar-refractivity contribution is 8.00. The zero-order valence-electron chi connectivity index (χ0n) is 17.5. The number of anilines is 2. The van der Waals surface area contributed by atoms with Crippen LogP contribution >= 0.6 is 11.8 Å². The molecular weight excluding hydrogens is 408 g/mol. The van der Waals surface area contributed by atoms with Gasteiger partial charge in [0.1, 0.15) is 11.5 Å². The van der Waals surface area contributed by atoms with Crippen molar-refractivity contribution in [3.05, 3.63) is 78.9 Å². The number of nitrogens with one attached hydrogen (secondary N) is 2. The number of benzene rings is 3. The summed E-state index contributed by atoms with van der Waals surface area (Å²) in [5, 5.41) is 5.77. The Bertz CT molecular complexity index is 974. The lowest BCUT2D eigenvalue weighted by molar-refractivity contribution is -0.116. The minimum atomic E-state index is -0.0846. The molecule has 2 amide bonds. The van der Waals surface area contributed by atoms with E-state index in [1.807, 2.05) is 78.9 Å². The zero-order chi connectivity index (χ0) is 21.9. The number of carbonyl (C=O) groups is 2. The van der Waals surface area contributed by atoms with Crippen molar-refractivity contribution < 1.29 is 14.3 Å². The van der Waals surface area contributed by atoms with Crippen LogP contribution in [0.25, 0.3) is 0 Å². The van der Waals surface area contributed by atoms with Crippen molar-refractivity contribution in [2.24, 2.45) is 0 Å². The van der Waals surface area contributed by atoms with Gasteiger partial charge in [0.15, 0.2) is 0 Å². The topological polar surface area (TPSA) is 67.4 Å². The molecule has 3 rings (SSSR count). The predicted molar refractivity (Wildman–Crippen MR) is 127 cm³/mol. The van der Waals surface area contributed by atoms with Crippen molar-refractivity contribution in [1.82, 2.24) is 0 Å². The van der Waals surface area contributed by atoms with Crippen molar-refractivity contribution in [3.8, 4) is 11.5 Å². The van der Waals surface area contributed by atoms with Crippen LogP contribution in [0.3, 0.4) is 0 Å². The molecule has 0 saturated carbocycles. The Balaban J connectivity index is 1.43. The van der Waals surface area contributed by atoms with Crippen LogP contribution in [0.5, 0.6) is 11.5 Å². The van der Waals surface area contributed by atoms with E-state index in [2.05, 4.69) is 17.6 Å². The average Bonchev–Trinajstić information content (AvgIpc) is 2.79. The maximum Gasteiger partial charge on any atom is 0.234 e. The molecule has 2 N–H and O–H groups in total. The molecule has 0 saturated heterocycles. The molecule has 0 atom stereocenters. The largest absolute Gasteiger partial charge is 0.457 e. The maximum absolute atomic E-state index is 12.3. The summed E-state index contributed by atoms with van der Waals surface area (Å²) in [7, 11) is 0. The Kier molecular flexibility index (Phi) is 8.55. The number of para-hydroxylation sites is 1. The smallest absolute Gasteiger partial charge is 0.234 e. The quantitative estimate of drug-likeness (QED) is 0.366. The summed E-state index contributed by atoms with van der Waals surface area (Å²) in [4.78, 5) is 25.0. The molecule has 6 heteroatoms. The predicted octanol–water partition coefficient (Wildman–Crippen LogP) is 6.34. The van der Waals surface area contributed by atoms with Crippen LogP contribution < -0.4 is 15.4 Å². The molecule has 0 radical (unpaired) electrons. The van der Waals surface area contributed by atoms with Gasteiger partial charge in [-0.25, -0.2) is 0 Å². The van der Waals surface area contributed by atoms with Gasteiger partial charge in [-0.15, -0.1) is 11.8 Å². The monoisotopic (exact) mass is 434 g/mol. The molecule has 0 spiro atoms. The Morgan fingerprint density at radius 1 is 0.774 bits per heavy atom. The van der Waals surface area contributed by atoms with Crippen LogP contribution in [0, 0.1) is 0 Å². The van der Waals surface area contributed by atoms with Crippen molar-refractivity contribution in [2.75, 3.05) is 16.4 Å². The Hall–Kier alpha value is -3.25. The Labute approximate surface area is 187 Å². The van der Waals surface area contributed by atoms with Gasteiger partial charge in [-0.3, -0.25) is 9.59 Å². The first-order chi connectivity index (χ1) is 15.1. The van der Waals surface area contributed by atoms with Crippen LogP contribution in [0.4, 0.5) is 11.4 Å². The summed E-state index contributed by atoms with van der Waals surface area (Å²) >= 11 is 1.44. The number of amides is 2. The second kappa shape index (κ2) is 11.8.